The van der Waals surface area contributed by atoms with Gasteiger partial charge in [0.2, 0.25) is 5.91 Å². The number of carbonyl (C=O) groups excluding carboxylic acids is 2. The maximum atomic E-state index is 10.7. The zero-order chi connectivity index (χ0) is 66.3. The summed E-state index contributed by atoms with van der Waals surface area (Å²) in [7, 11) is 1.55. The van der Waals surface area contributed by atoms with Crippen molar-refractivity contribution >= 4 is 24.5 Å². The van der Waals surface area contributed by atoms with Crippen molar-refractivity contribution in [1.82, 2.24) is 0 Å². The number of nitrogens with zero attached hydrogens (tertiary/aromatic N) is 1. The fraction of sp³-hybridized carbons (Fsp3) is 0.970. The summed E-state index contributed by atoms with van der Waals surface area (Å²) >= 11 is 3.67. The van der Waals surface area contributed by atoms with Gasteiger partial charge in [-0.25, -0.2) is 0 Å². The van der Waals surface area contributed by atoms with Crippen LogP contribution in [0.2, 0.25) is 0 Å². The molecule has 0 heterocycles. The van der Waals surface area contributed by atoms with E-state index in [4.69, 9.17) is 111 Å². The van der Waals surface area contributed by atoms with Gasteiger partial charge in [0.05, 0.1) is 77.6 Å². The minimum absolute atomic E-state index is 0. The first-order valence-corrected chi connectivity index (χ1v) is 29.0. The Labute approximate surface area is 829 Å². The molecule has 0 spiro atoms. The third-order valence-corrected chi connectivity index (χ3v) is 10.3. The average Bonchev–Trinajstić information content (AvgIpc) is 1.69. The Morgan fingerprint density at radius 3 is 0.690 bits per heavy atom. The van der Waals surface area contributed by atoms with Crippen LogP contribution in [0.5, 0.6) is 0 Å². The van der Waals surface area contributed by atoms with Crippen LogP contribution in [-0.4, -0.2) is 221 Å². The first kappa shape index (κ1) is 406. The van der Waals surface area contributed by atoms with E-state index in [-0.39, 0.29) is 435 Å². The number of primary amides is 1. The summed E-state index contributed by atoms with van der Waals surface area (Å²) in [5.74, 6) is 1.35. The predicted octanol–water partition coefficient (Wildman–Crippen LogP) is 29.5. The molecular weight excluding hydrogens is 1620 g/mol. The van der Waals surface area contributed by atoms with E-state index in [0.29, 0.717) is 80.3 Å². The molecule has 0 aromatic carbocycles. The van der Waals surface area contributed by atoms with Gasteiger partial charge in [-0.3, -0.25) is 9.59 Å². The number of esters is 1. The maximum absolute atomic E-state index is 10.7. The Morgan fingerprint density at radius 2 is 0.659 bits per heavy atom. The fourth-order valence-electron chi connectivity index (χ4n) is 2.25. The van der Waals surface area contributed by atoms with E-state index in [9.17, 15) is 9.59 Å². The second-order valence-electron chi connectivity index (χ2n) is 20.3. The highest BCUT2D eigenvalue weighted by Gasteiger charge is 2.43. The second kappa shape index (κ2) is 325. The molecule has 4 rings (SSSR count). The van der Waals surface area contributed by atoms with Crippen molar-refractivity contribution in [3.05, 3.63) is 0 Å². The molecule has 25 N–H and O–H groups in total. The summed E-state index contributed by atoms with van der Waals surface area (Å²) in [6.45, 7) is 29.1. The molecule has 0 aromatic rings. The van der Waals surface area contributed by atoms with E-state index in [1.54, 1.807) is 14.0 Å². The molecule has 0 aliphatic heterocycles. The maximum Gasteiger partial charge on any atom is 0.308 e. The lowest BCUT2D eigenvalue weighted by atomic mass is 10.1. The molecule has 4 aliphatic carbocycles. The zero-order valence-corrected chi connectivity index (χ0v) is 54.2. The summed E-state index contributed by atoms with van der Waals surface area (Å²) in [6.07, 6.45) is 11.1. The van der Waals surface area contributed by atoms with Crippen LogP contribution in [0.15, 0.2) is 0 Å². The van der Waals surface area contributed by atoms with E-state index in [2.05, 4.69) is 44.2 Å². The number of methoxy groups -OCH3 is 1. The van der Waals surface area contributed by atoms with Crippen LogP contribution in [0, 0.1) is 45.3 Å². The van der Waals surface area contributed by atoms with Crippen molar-refractivity contribution in [1.29, 1.82) is 5.26 Å². The highest BCUT2D eigenvalue weighted by molar-refractivity contribution is 7.80. The quantitative estimate of drug-likeness (QED) is 0.0422. The van der Waals surface area contributed by atoms with Crippen molar-refractivity contribution in [2.24, 2.45) is 68.4 Å². The zero-order valence-electron chi connectivity index (χ0n) is 53.4. The molecule has 4 fully saturated rings. The molecule has 1 amide bonds. The van der Waals surface area contributed by atoms with E-state index in [1.165, 1.54) is 32.6 Å². The smallest absolute Gasteiger partial charge is 0.308 e. The van der Waals surface area contributed by atoms with Gasteiger partial charge >= 0.3 is 5.97 Å². The standard InChI is InChI=1S/C7H12O3.C5H9NO.C5H11N.C5H9N.C5H10O.C4H11N.2C4H10O.3C3H8O2.C2H8N2.C2H7NO.C2H6O2.C2H6OS.45CH4/c1-5-4-6(5)10-7(9)2-3-8;1-5(2-3-5)4(6)7;1-5(4-6)2-3-5;1-3-5(2)4-6;1-5(4-6)2-3-5;1-3-4(2)5;1-4(2)3-5;1-3-4(2)5;1-5-3-2-4;1-3(5)2-4;4-2-1-3-5;4*3-1-2-4;;;;;;;;;;;;;;;;;;;;;;;;;;;;;;;;;;;;;;;;;;;;;/h5-6,8H,2-4H2,1H3;2-3H2,1H3,(H2,6,7);2-4,6H2,1H3;5H,3H2,1-2H3;6H,2-4H2,1H3;4H,3,5H2,1-2H3;2*4-5H,3H2,1-2H3;4H,2-3H2,1H3;3-5H,2H2,1H3;4-5H,1-3H2;1-4H2;4H,1-3H2;2*3-4H,1-2H2;45*1H4. The van der Waals surface area contributed by atoms with Crippen LogP contribution in [0.1, 0.15) is 501 Å². The minimum Gasteiger partial charge on any atom is -0.462 e. The van der Waals surface area contributed by atoms with Crippen molar-refractivity contribution in [2.75, 3.05) is 118 Å². The van der Waals surface area contributed by atoms with E-state index in [1.807, 2.05) is 55.4 Å². The summed E-state index contributed by atoms with van der Waals surface area (Å²) in [5, 5.41) is 112. The number of aliphatic hydroxyl groups excluding tert-OH is 13. The number of aliphatic hydroxyl groups is 13. The van der Waals surface area contributed by atoms with Crippen LogP contribution >= 0.6 is 12.6 Å². The van der Waals surface area contributed by atoms with Crippen molar-refractivity contribution in [3.63, 3.8) is 0 Å². The molecule has 6 unspecified atom stereocenters. The van der Waals surface area contributed by atoms with Crippen molar-refractivity contribution in [3.8, 4) is 6.07 Å². The lowest BCUT2D eigenvalue weighted by Gasteiger charge is -1.99. The summed E-state index contributed by atoms with van der Waals surface area (Å²) in [4.78, 5) is 21.0. The number of hydrogen-bond acceptors (Lipinski definition) is 24. The number of carbonyl (C=O) groups is 2. The molecule has 0 saturated heterocycles. The van der Waals surface area contributed by atoms with Gasteiger partial charge < -0.3 is 110 Å². The molecule has 6 atom stereocenters. The Bertz CT molecular complexity index is 1130. The lowest BCUT2D eigenvalue weighted by Crippen LogP contribution is -2.21. The molecule has 4 saturated carbocycles. The summed E-state index contributed by atoms with van der Waals surface area (Å²) in [6, 6.07) is 2.50. The number of thiol groups is 1. The average molecular weight is 1930 g/mol. The third-order valence-electron chi connectivity index (χ3n) is 10.1. The first-order chi connectivity index (χ1) is 37.8. The van der Waals surface area contributed by atoms with Crippen molar-refractivity contribution < 1.29 is 85.4 Å². The van der Waals surface area contributed by atoms with Crippen LogP contribution in [0.25, 0.3) is 0 Å². The largest absolute Gasteiger partial charge is 0.462 e. The normalized spacial score (nSPS) is 10.7. The van der Waals surface area contributed by atoms with Crippen LogP contribution in [0.3, 0.4) is 0 Å². The van der Waals surface area contributed by atoms with E-state index in [0.717, 1.165) is 45.1 Å². The predicted molar refractivity (Wildman–Crippen MR) is 634 cm³/mol. The summed E-state index contributed by atoms with van der Waals surface area (Å²) < 4.78 is 9.36. The summed E-state index contributed by atoms with van der Waals surface area (Å²) in [5.41, 5.74) is 31.0. The molecule has 24 nitrogen and oxygen atoms in total. The van der Waals surface area contributed by atoms with Gasteiger partial charge in [0.25, 0.3) is 0 Å². The van der Waals surface area contributed by atoms with Gasteiger partial charge in [-0.05, 0) is 128 Å². The SMILES string of the molecule is C.C.C.C.C.C.C.C.C.C.C.C.C.C.C.C.C.C.C.C.C.C.C.C.C.C.C.C.C.C.C.C.C.C.C.C.C.C.C.C.C.C.C.C.C.CC(C)CO.CC(O)CO.CC1(C(N)=O)CC1.CC1(CN)CC1.CC1(CO)CC1.CC1CC1OC(=O)CCO.CCC(C)C#N.CCC(C)N.CCC(C)O.COCCO.NCCN.NCCO.OCCCO.OCCO.OCCS. The second-order valence-corrected chi connectivity index (χ2v) is 20.8. The van der Waals surface area contributed by atoms with Crippen molar-refractivity contribution in [2.45, 2.75) is 526 Å². The van der Waals surface area contributed by atoms with Gasteiger partial charge in [0, 0.05) is 76.3 Å². The van der Waals surface area contributed by atoms with Crippen LogP contribution in [0.4, 0.5) is 0 Å². The lowest BCUT2D eigenvalue weighted by molar-refractivity contribution is -0.146. The molecular formula is C101H313N7O17S. The molecule has 0 aromatic heterocycles. The number of hydrogen-bond donors (Lipinski definition) is 20. The molecule has 860 valence electrons. The van der Waals surface area contributed by atoms with Gasteiger partial charge in [-0.15, -0.1) is 0 Å². The van der Waals surface area contributed by atoms with Gasteiger partial charge in [-0.1, -0.05) is 397 Å². The molecule has 0 bridgehead atoms. The van der Waals surface area contributed by atoms with E-state index >= 15 is 0 Å². The van der Waals surface area contributed by atoms with Gasteiger partial charge in [-0.2, -0.15) is 17.9 Å². The Hall–Kier alpha value is -1.98. The Morgan fingerprint density at radius 1 is 0.421 bits per heavy atom. The highest BCUT2D eigenvalue weighted by atomic mass is 32.1. The molecule has 0 radical (unpaired) electrons. The molecule has 126 heavy (non-hydrogen) atoms. The number of nitriles is 1. The molecule has 25 heteroatoms. The van der Waals surface area contributed by atoms with Crippen LogP contribution in [-0.2, 0) is 19.1 Å². The number of rotatable bonds is 19. The monoisotopic (exact) mass is 1930 g/mol. The van der Waals surface area contributed by atoms with E-state index < -0.39 is 6.10 Å². The minimum atomic E-state index is -0.560. The number of ether oxygens (including phenoxy) is 2. The fourth-order valence-corrected chi connectivity index (χ4v) is 2.25. The topological polar surface area (TPSA) is 496 Å². The Kier molecular flexibility index (Phi) is 1050. The Balaban J connectivity index is -0.00000000756. The third kappa shape index (κ3) is 531. The first-order valence-electron chi connectivity index (χ1n) is 28.4. The van der Waals surface area contributed by atoms with Gasteiger partial charge in [0.15, 0.2) is 0 Å². The van der Waals surface area contributed by atoms with Gasteiger partial charge in [0.1, 0.15) is 6.10 Å². The number of nitrogens with two attached hydrogens (primary N) is 6. The molecule has 4 aliphatic rings. The van der Waals surface area contributed by atoms with Crippen LogP contribution < -0.4 is 34.4 Å². The number of amides is 1. The highest BCUT2D eigenvalue weighted by Crippen LogP contribution is 2.45.